The standard InChI is InChI=1S/C18H26FNO.C7H12.C3H6.CH4O/c19-16-7-9-17(10-8-16)20-12-14(13-20)6-11-18(21)15-4-2-1-3-5-15;1-4-6-7(3)5-2;1-3-2;1-2/h7-10,14-15,18,21H,1-6,11-13H2;5-6H,2,4H2,1,3H3;3H,1H2,2H3;2H,1H3/b;7-6-;;/t18-;;;/m0.../s1. The molecule has 33 heavy (non-hydrogen) atoms. The van der Waals surface area contributed by atoms with Gasteiger partial charge in [0.25, 0.3) is 0 Å². The van der Waals surface area contributed by atoms with E-state index in [-0.39, 0.29) is 11.9 Å². The van der Waals surface area contributed by atoms with Crippen LogP contribution in [-0.2, 0) is 0 Å². The van der Waals surface area contributed by atoms with Gasteiger partial charge >= 0.3 is 0 Å². The van der Waals surface area contributed by atoms with E-state index in [2.05, 4.69) is 38.0 Å². The first kappa shape index (κ1) is 31.1. The van der Waals surface area contributed by atoms with Crippen molar-refractivity contribution in [1.82, 2.24) is 0 Å². The van der Waals surface area contributed by atoms with Crippen LogP contribution in [0.3, 0.4) is 0 Å². The number of anilines is 1. The maximum atomic E-state index is 12.9. The highest BCUT2D eigenvalue weighted by Gasteiger charge is 2.29. The van der Waals surface area contributed by atoms with E-state index < -0.39 is 0 Å². The summed E-state index contributed by atoms with van der Waals surface area (Å²) < 4.78 is 12.9. The average Bonchev–Trinajstić information content (AvgIpc) is 2.82. The second-order valence-electron chi connectivity index (χ2n) is 8.76. The third-order valence-corrected chi connectivity index (χ3v) is 6.06. The first-order valence-corrected chi connectivity index (χ1v) is 12.4. The lowest BCUT2D eigenvalue weighted by molar-refractivity contribution is 0.0697. The maximum absolute atomic E-state index is 12.9. The van der Waals surface area contributed by atoms with E-state index in [9.17, 15) is 9.50 Å². The molecule has 1 aliphatic heterocycles. The maximum Gasteiger partial charge on any atom is 0.123 e. The molecule has 1 aromatic rings. The molecular formula is C29H48FNO2. The Morgan fingerprint density at radius 1 is 1.12 bits per heavy atom. The average molecular weight is 462 g/mol. The number of halogens is 1. The lowest BCUT2D eigenvalue weighted by Crippen LogP contribution is -2.47. The summed E-state index contributed by atoms with van der Waals surface area (Å²) in [6.45, 7) is 15.1. The highest BCUT2D eigenvalue weighted by molar-refractivity contribution is 5.48. The number of aliphatic hydroxyl groups excluding tert-OH is 2. The number of hydrogen-bond donors (Lipinski definition) is 2. The SMILES string of the molecule is C=C/C(C)=C\CC.C=CC.CO.O[C@@H](CCC1CN(c2ccc(F)cc2)C1)C1CCCCC1. The Labute approximate surface area is 202 Å². The van der Waals surface area contributed by atoms with Crippen LogP contribution in [-0.4, -0.2) is 36.5 Å². The van der Waals surface area contributed by atoms with Crippen molar-refractivity contribution in [3.8, 4) is 0 Å². The van der Waals surface area contributed by atoms with Gasteiger partial charge in [-0.25, -0.2) is 4.39 Å². The molecule has 1 aliphatic carbocycles. The number of rotatable bonds is 7. The molecule has 0 spiro atoms. The fourth-order valence-corrected chi connectivity index (χ4v) is 4.18. The Balaban J connectivity index is 0.000000719. The first-order chi connectivity index (χ1) is 15.9. The van der Waals surface area contributed by atoms with E-state index in [0.717, 1.165) is 45.1 Å². The van der Waals surface area contributed by atoms with E-state index in [1.54, 1.807) is 6.08 Å². The lowest BCUT2D eigenvalue weighted by Gasteiger charge is -2.42. The minimum Gasteiger partial charge on any atom is -0.400 e. The van der Waals surface area contributed by atoms with Crippen LogP contribution in [0.1, 0.15) is 72.1 Å². The van der Waals surface area contributed by atoms with E-state index in [4.69, 9.17) is 5.11 Å². The zero-order valence-corrected chi connectivity index (χ0v) is 21.5. The first-order valence-electron chi connectivity index (χ1n) is 12.4. The van der Waals surface area contributed by atoms with Gasteiger partial charge in [0.05, 0.1) is 6.10 Å². The van der Waals surface area contributed by atoms with Crippen molar-refractivity contribution in [2.24, 2.45) is 11.8 Å². The van der Waals surface area contributed by atoms with Crippen LogP contribution < -0.4 is 4.90 Å². The van der Waals surface area contributed by atoms with Crippen LogP contribution in [0.5, 0.6) is 0 Å². The monoisotopic (exact) mass is 461 g/mol. The molecule has 1 saturated heterocycles. The van der Waals surface area contributed by atoms with E-state index >= 15 is 0 Å². The van der Waals surface area contributed by atoms with Gasteiger partial charge in [-0.05, 0) is 82.1 Å². The second kappa shape index (κ2) is 19.5. The zero-order chi connectivity index (χ0) is 25.1. The largest absolute Gasteiger partial charge is 0.400 e. The second-order valence-corrected chi connectivity index (χ2v) is 8.76. The Morgan fingerprint density at radius 3 is 2.12 bits per heavy atom. The molecule has 0 aromatic heterocycles. The van der Waals surface area contributed by atoms with Crippen LogP contribution in [0.25, 0.3) is 0 Å². The molecule has 1 aromatic carbocycles. The molecule has 1 saturated carbocycles. The topological polar surface area (TPSA) is 43.7 Å². The number of aliphatic hydroxyl groups is 2. The van der Waals surface area contributed by atoms with Crippen molar-refractivity contribution in [3.05, 3.63) is 67.0 Å². The fourth-order valence-electron chi connectivity index (χ4n) is 4.18. The van der Waals surface area contributed by atoms with Gasteiger partial charge in [-0.1, -0.05) is 56.6 Å². The van der Waals surface area contributed by atoms with Crippen LogP contribution >= 0.6 is 0 Å². The minimum atomic E-state index is -0.175. The third kappa shape index (κ3) is 13.4. The summed E-state index contributed by atoms with van der Waals surface area (Å²) in [4.78, 5) is 2.29. The summed E-state index contributed by atoms with van der Waals surface area (Å²) in [5.74, 6) is 1.06. The highest BCUT2D eigenvalue weighted by Crippen LogP contribution is 2.31. The van der Waals surface area contributed by atoms with Crippen LogP contribution in [0, 0.1) is 17.7 Å². The van der Waals surface area contributed by atoms with Gasteiger partial charge in [0, 0.05) is 25.9 Å². The van der Waals surface area contributed by atoms with Gasteiger partial charge in [-0.15, -0.1) is 6.58 Å². The van der Waals surface area contributed by atoms with E-state index in [0.29, 0.717) is 11.8 Å². The Bertz CT molecular complexity index is 644. The van der Waals surface area contributed by atoms with E-state index in [1.165, 1.54) is 49.8 Å². The van der Waals surface area contributed by atoms with Crippen molar-refractivity contribution < 1.29 is 14.6 Å². The normalized spacial score (nSPS) is 17.1. The van der Waals surface area contributed by atoms with Crippen molar-refractivity contribution >= 4 is 5.69 Å². The molecule has 0 bridgehead atoms. The van der Waals surface area contributed by atoms with Crippen molar-refractivity contribution in [1.29, 1.82) is 0 Å². The zero-order valence-electron chi connectivity index (χ0n) is 21.5. The number of hydrogen-bond acceptors (Lipinski definition) is 3. The van der Waals surface area contributed by atoms with Crippen molar-refractivity contribution in [2.45, 2.75) is 78.2 Å². The molecule has 2 aliphatic rings. The molecular weight excluding hydrogens is 413 g/mol. The molecule has 188 valence electrons. The Kier molecular flexibility index (Phi) is 18.4. The van der Waals surface area contributed by atoms with Gasteiger partial charge in [0.2, 0.25) is 0 Å². The third-order valence-electron chi connectivity index (χ3n) is 6.06. The summed E-state index contributed by atoms with van der Waals surface area (Å²) >= 11 is 0. The van der Waals surface area contributed by atoms with Crippen LogP contribution in [0.15, 0.2) is 61.2 Å². The predicted molar refractivity (Wildman–Crippen MR) is 142 cm³/mol. The molecule has 1 heterocycles. The summed E-state index contributed by atoms with van der Waals surface area (Å²) in [6, 6.07) is 6.75. The number of benzene rings is 1. The van der Waals surface area contributed by atoms with Gasteiger partial charge in [-0.2, -0.15) is 0 Å². The van der Waals surface area contributed by atoms with Gasteiger partial charge in [-0.3, -0.25) is 0 Å². The highest BCUT2D eigenvalue weighted by atomic mass is 19.1. The smallest absolute Gasteiger partial charge is 0.123 e. The summed E-state index contributed by atoms with van der Waals surface area (Å²) in [7, 11) is 1.00. The molecule has 2 N–H and O–H groups in total. The molecule has 1 atom stereocenters. The molecule has 0 amide bonds. The van der Waals surface area contributed by atoms with Gasteiger partial charge < -0.3 is 15.1 Å². The Morgan fingerprint density at radius 2 is 1.67 bits per heavy atom. The quantitative estimate of drug-likeness (QED) is 0.330. The Hall–Kier alpha value is -1.91. The summed E-state index contributed by atoms with van der Waals surface area (Å²) in [6.07, 6.45) is 15.2. The number of allylic oxidation sites excluding steroid dienone is 4. The summed E-state index contributed by atoms with van der Waals surface area (Å²) in [5, 5.41) is 17.3. The van der Waals surface area contributed by atoms with E-state index in [1.807, 2.05) is 25.1 Å². The fraction of sp³-hybridized carbons (Fsp3) is 0.586. The van der Waals surface area contributed by atoms with Crippen LogP contribution in [0.2, 0.25) is 0 Å². The number of nitrogens with zero attached hydrogens (tertiary/aromatic N) is 1. The predicted octanol–water partition coefficient (Wildman–Crippen LogP) is 7.31. The summed E-state index contributed by atoms with van der Waals surface area (Å²) in [5.41, 5.74) is 2.38. The molecule has 3 rings (SSSR count). The molecule has 3 nitrogen and oxygen atoms in total. The lowest BCUT2D eigenvalue weighted by atomic mass is 9.82. The van der Waals surface area contributed by atoms with Crippen LogP contribution in [0.4, 0.5) is 10.1 Å². The molecule has 0 unspecified atom stereocenters. The molecule has 2 fully saturated rings. The van der Waals surface area contributed by atoms with Gasteiger partial charge in [0.1, 0.15) is 5.82 Å². The minimum absolute atomic E-state index is 0.0924. The van der Waals surface area contributed by atoms with Crippen molar-refractivity contribution in [2.75, 3.05) is 25.1 Å². The van der Waals surface area contributed by atoms with Gasteiger partial charge in [0.15, 0.2) is 0 Å². The molecule has 0 radical (unpaired) electrons. The molecule has 4 heteroatoms. The van der Waals surface area contributed by atoms with Crippen molar-refractivity contribution in [3.63, 3.8) is 0 Å².